The van der Waals surface area contributed by atoms with Crippen LogP contribution in [0, 0.1) is 0 Å². The Morgan fingerprint density at radius 1 is 1.67 bits per heavy atom. The van der Waals surface area contributed by atoms with Crippen molar-refractivity contribution in [3.8, 4) is 0 Å². The summed E-state index contributed by atoms with van der Waals surface area (Å²) in [5, 5.41) is 2.34. The summed E-state index contributed by atoms with van der Waals surface area (Å²) in [4.78, 5) is 8.06. The van der Waals surface area contributed by atoms with E-state index in [-0.39, 0.29) is 0 Å². The first kappa shape index (κ1) is 9.04. The van der Waals surface area contributed by atoms with Gasteiger partial charge in [-0.15, -0.1) is 0 Å². The maximum absolute atomic E-state index is 4.49. The Hall–Kier alpha value is -1.05. The molecule has 0 radical (unpaired) electrons. The Morgan fingerprint density at radius 2 is 2.50 bits per heavy atom. The van der Waals surface area contributed by atoms with Crippen LogP contribution in [-0.4, -0.2) is 10.1 Å². The van der Waals surface area contributed by atoms with E-state index in [1.54, 1.807) is 6.20 Å². The Kier molecular flexibility index (Phi) is 3.58. The SMILES string of the molecule is CCc1cccnc1CN=C=S. The molecule has 62 valence electrons. The van der Waals surface area contributed by atoms with Crippen LogP contribution >= 0.6 is 12.2 Å². The molecule has 1 rings (SSSR count). The van der Waals surface area contributed by atoms with E-state index < -0.39 is 0 Å². The fourth-order valence-corrected chi connectivity index (χ4v) is 1.11. The van der Waals surface area contributed by atoms with Gasteiger partial charge < -0.3 is 0 Å². The van der Waals surface area contributed by atoms with Crippen LogP contribution in [0.4, 0.5) is 0 Å². The smallest absolute Gasteiger partial charge is 0.0917 e. The van der Waals surface area contributed by atoms with Crippen LogP contribution < -0.4 is 0 Å². The lowest BCUT2D eigenvalue weighted by Crippen LogP contribution is -1.93. The molecule has 2 nitrogen and oxygen atoms in total. The molecular formula is C9H10N2S. The number of pyridine rings is 1. The lowest BCUT2D eigenvalue weighted by molar-refractivity contribution is 0.941. The van der Waals surface area contributed by atoms with Crippen LogP contribution in [0.1, 0.15) is 18.2 Å². The fourth-order valence-electron chi connectivity index (χ4n) is 1.04. The molecule has 0 spiro atoms. The van der Waals surface area contributed by atoms with Crippen LogP contribution in [0.2, 0.25) is 0 Å². The maximum Gasteiger partial charge on any atom is 0.0917 e. The summed E-state index contributed by atoms with van der Waals surface area (Å²) in [6.07, 6.45) is 2.75. The maximum atomic E-state index is 4.49. The number of hydrogen-bond acceptors (Lipinski definition) is 3. The summed E-state index contributed by atoms with van der Waals surface area (Å²) >= 11 is 4.49. The molecule has 0 aromatic carbocycles. The second-order valence-corrected chi connectivity index (χ2v) is 2.55. The lowest BCUT2D eigenvalue weighted by Gasteiger charge is -2.01. The molecule has 1 aromatic rings. The lowest BCUT2D eigenvalue weighted by atomic mass is 10.1. The second-order valence-electron chi connectivity index (χ2n) is 2.37. The van der Waals surface area contributed by atoms with Crippen LogP contribution in [0.3, 0.4) is 0 Å². The van der Waals surface area contributed by atoms with Gasteiger partial charge in [-0.1, -0.05) is 13.0 Å². The van der Waals surface area contributed by atoms with Gasteiger partial charge >= 0.3 is 0 Å². The molecule has 0 atom stereocenters. The first-order valence-electron chi connectivity index (χ1n) is 3.85. The zero-order chi connectivity index (χ0) is 8.81. The molecule has 0 aliphatic carbocycles. The van der Waals surface area contributed by atoms with Crippen molar-refractivity contribution in [1.82, 2.24) is 4.98 Å². The summed E-state index contributed by atoms with van der Waals surface area (Å²) in [5.74, 6) is 0. The van der Waals surface area contributed by atoms with Crippen LogP contribution in [0.15, 0.2) is 23.3 Å². The van der Waals surface area contributed by atoms with Gasteiger partial charge in [0, 0.05) is 6.20 Å². The molecule has 0 saturated heterocycles. The van der Waals surface area contributed by atoms with Gasteiger partial charge in [0.2, 0.25) is 0 Å². The largest absolute Gasteiger partial charge is 0.259 e. The molecule has 0 N–H and O–H groups in total. The zero-order valence-electron chi connectivity index (χ0n) is 6.95. The number of hydrogen-bond donors (Lipinski definition) is 0. The van der Waals surface area contributed by atoms with Gasteiger partial charge in [0.05, 0.1) is 17.4 Å². The summed E-state index contributed by atoms with van der Waals surface area (Å²) in [6, 6.07) is 3.99. The molecule has 12 heavy (non-hydrogen) atoms. The first-order valence-corrected chi connectivity index (χ1v) is 4.25. The molecule has 0 amide bonds. The summed E-state index contributed by atoms with van der Waals surface area (Å²) < 4.78 is 0. The van der Waals surface area contributed by atoms with Crippen molar-refractivity contribution in [2.24, 2.45) is 4.99 Å². The van der Waals surface area contributed by atoms with E-state index in [4.69, 9.17) is 0 Å². The molecule has 0 unspecified atom stereocenters. The highest BCUT2D eigenvalue weighted by Gasteiger charge is 1.98. The normalized spacial score (nSPS) is 9.08. The highest BCUT2D eigenvalue weighted by Crippen LogP contribution is 2.06. The van der Waals surface area contributed by atoms with E-state index in [2.05, 4.69) is 40.3 Å². The monoisotopic (exact) mass is 178 g/mol. The summed E-state index contributed by atoms with van der Waals surface area (Å²) in [6.45, 7) is 2.65. The average Bonchev–Trinajstić information content (AvgIpc) is 2.15. The Morgan fingerprint density at radius 3 is 3.17 bits per heavy atom. The molecule has 0 aliphatic rings. The molecule has 3 heteroatoms. The third kappa shape index (κ3) is 2.22. The van der Waals surface area contributed by atoms with E-state index in [1.165, 1.54) is 5.56 Å². The predicted octanol–water partition coefficient (Wildman–Crippen LogP) is 2.25. The van der Waals surface area contributed by atoms with Gasteiger partial charge in [0.1, 0.15) is 0 Å². The molecule has 0 saturated carbocycles. The summed E-state index contributed by atoms with van der Waals surface area (Å²) in [5.41, 5.74) is 2.23. The van der Waals surface area contributed by atoms with Gasteiger partial charge in [0.15, 0.2) is 0 Å². The van der Waals surface area contributed by atoms with Crippen LogP contribution in [-0.2, 0) is 13.0 Å². The zero-order valence-corrected chi connectivity index (χ0v) is 7.77. The predicted molar refractivity (Wildman–Crippen MR) is 52.3 cm³/mol. The van der Waals surface area contributed by atoms with Crippen molar-refractivity contribution in [3.05, 3.63) is 29.6 Å². The number of nitrogens with zero attached hydrogens (tertiary/aromatic N) is 2. The van der Waals surface area contributed by atoms with E-state index in [0.717, 1.165) is 12.1 Å². The Balaban J connectivity index is 2.88. The number of aromatic nitrogens is 1. The van der Waals surface area contributed by atoms with E-state index >= 15 is 0 Å². The minimum absolute atomic E-state index is 0.549. The minimum Gasteiger partial charge on any atom is -0.259 e. The van der Waals surface area contributed by atoms with Crippen LogP contribution in [0.25, 0.3) is 0 Å². The van der Waals surface area contributed by atoms with Crippen LogP contribution in [0.5, 0.6) is 0 Å². The molecule has 1 heterocycles. The van der Waals surface area contributed by atoms with E-state index in [1.807, 2.05) is 6.07 Å². The number of rotatable bonds is 3. The molecule has 0 bridgehead atoms. The average molecular weight is 178 g/mol. The third-order valence-electron chi connectivity index (χ3n) is 1.66. The standard InChI is InChI=1S/C9H10N2S/c1-2-8-4-3-5-11-9(8)6-10-7-12/h3-5H,2,6H2,1H3. The van der Waals surface area contributed by atoms with Crippen molar-refractivity contribution in [1.29, 1.82) is 0 Å². The third-order valence-corrected chi connectivity index (χ3v) is 1.79. The van der Waals surface area contributed by atoms with Gasteiger partial charge in [-0.3, -0.25) is 4.98 Å². The highest BCUT2D eigenvalue weighted by molar-refractivity contribution is 7.78. The number of isothiocyanates is 1. The van der Waals surface area contributed by atoms with E-state index in [0.29, 0.717) is 6.54 Å². The molecular weight excluding hydrogens is 168 g/mol. The second kappa shape index (κ2) is 4.75. The van der Waals surface area contributed by atoms with Crippen molar-refractivity contribution >= 4 is 17.4 Å². The van der Waals surface area contributed by atoms with Gasteiger partial charge in [-0.2, -0.15) is 0 Å². The van der Waals surface area contributed by atoms with Gasteiger partial charge in [0.25, 0.3) is 0 Å². The van der Waals surface area contributed by atoms with Gasteiger partial charge in [-0.25, -0.2) is 4.99 Å². The summed E-state index contributed by atoms with van der Waals surface area (Å²) in [7, 11) is 0. The number of aryl methyl sites for hydroxylation is 1. The number of thiocarbonyl (C=S) groups is 1. The topological polar surface area (TPSA) is 25.2 Å². The Bertz CT molecular complexity index is 303. The highest BCUT2D eigenvalue weighted by atomic mass is 32.1. The quantitative estimate of drug-likeness (QED) is 0.524. The molecule has 0 fully saturated rings. The van der Waals surface area contributed by atoms with Crippen molar-refractivity contribution in [2.45, 2.75) is 19.9 Å². The van der Waals surface area contributed by atoms with E-state index in [9.17, 15) is 0 Å². The fraction of sp³-hybridized carbons (Fsp3) is 0.333. The first-order chi connectivity index (χ1) is 5.88. The Labute approximate surface area is 77.4 Å². The number of aliphatic imine (C=N–C) groups is 1. The van der Waals surface area contributed by atoms with Gasteiger partial charge in [-0.05, 0) is 30.3 Å². The van der Waals surface area contributed by atoms with Crippen molar-refractivity contribution in [3.63, 3.8) is 0 Å². The van der Waals surface area contributed by atoms with Crippen molar-refractivity contribution < 1.29 is 0 Å². The molecule has 1 aromatic heterocycles. The van der Waals surface area contributed by atoms with Crippen molar-refractivity contribution in [2.75, 3.05) is 0 Å². The minimum atomic E-state index is 0.549. The molecule has 0 aliphatic heterocycles.